The first-order valence-corrected chi connectivity index (χ1v) is 9.41. The first-order valence-electron chi connectivity index (χ1n) is 8.53. The summed E-state index contributed by atoms with van der Waals surface area (Å²) in [5, 5.41) is 2.15. The Kier molecular flexibility index (Phi) is 4.10. The number of carbonyl (C=O) groups is 1. The number of nitrogens with zero attached hydrogens (tertiary/aromatic N) is 3. The van der Waals surface area contributed by atoms with Gasteiger partial charge >= 0.3 is 0 Å². The number of para-hydroxylation sites is 2. The van der Waals surface area contributed by atoms with Crippen LogP contribution in [0.15, 0.2) is 42.0 Å². The van der Waals surface area contributed by atoms with Crippen LogP contribution < -0.4 is 0 Å². The van der Waals surface area contributed by atoms with Gasteiger partial charge in [0.1, 0.15) is 0 Å². The third kappa shape index (κ3) is 2.63. The molecule has 1 aliphatic rings. The Hall–Kier alpha value is -2.14. The van der Waals surface area contributed by atoms with E-state index in [1.54, 1.807) is 0 Å². The molecule has 0 radical (unpaired) electrons. The summed E-state index contributed by atoms with van der Waals surface area (Å²) in [5.41, 5.74) is 3.43. The zero-order chi connectivity index (χ0) is 16.5. The molecular weight excluding hydrogens is 318 g/mol. The number of benzene rings is 1. The molecule has 1 amide bonds. The molecule has 5 heteroatoms. The summed E-state index contributed by atoms with van der Waals surface area (Å²) in [7, 11) is 0. The van der Waals surface area contributed by atoms with Gasteiger partial charge in [0.05, 0.1) is 23.4 Å². The van der Waals surface area contributed by atoms with Crippen molar-refractivity contribution in [3.05, 3.63) is 52.5 Å². The van der Waals surface area contributed by atoms with E-state index in [1.807, 2.05) is 35.9 Å². The minimum Gasteiger partial charge on any atom is -0.335 e. The molecular formula is C19H21N3OS. The molecule has 2 aromatic heterocycles. The highest BCUT2D eigenvalue weighted by Crippen LogP contribution is 2.35. The molecule has 0 saturated heterocycles. The Morgan fingerprint density at radius 2 is 2.21 bits per heavy atom. The number of carbonyl (C=O) groups excluding carboxylic acids is 1. The van der Waals surface area contributed by atoms with Crippen molar-refractivity contribution in [1.82, 2.24) is 14.5 Å². The third-order valence-electron chi connectivity index (χ3n) is 4.90. The van der Waals surface area contributed by atoms with Crippen LogP contribution in [0.5, 0.6) is 0 Å². The van der Waals surface area contributed by atoms with Crippen LogP contribution >= 0.6 is 11.3 Å². The van der Waals surface area contributed by atoms with Gasteiger partial charge in [-0.05, 0) is 42.0 Å². The summed E-state index contributed by atoms with van der Waals surface area (Å²) in [4.78, 5) is 20.8. The molecule has 0 aliphatic carbocycles. The first-order chi connectivity index (χ1) is 11.8. The van der Waals surface area contributed by atoms with Gasteiger partial charge in [0, 0.05) is 24.4 Å². The van der Waals surface area contributed by atoms with Crippen molar-refractivity contribution in [3.63, 3.8) is 0 Å². The van der Waals surface area contributed by atoms with E-state index in [2.05, 4.69) is 38.9 Å². The summed E-state index contributed by atoms with van der Waals surface area (Å²) in [6.07, 6.45) is 4.32. The highest BCUT2D eigenvalue weighted by molar-refractivity contribution is 7.10. The Morgan fingerprint density at radius 3 is 3.08 bits per heavy atom. The normalized spacial score (nSPS) is 17.2. The van der Waals surface area contributed by atoms with Gasteiger partial charge in [-0.1, -0.05) is 19.1 Å². The summed E-state index contributed by atoms with van der Waals surface area (Å²) in [5.74, 6) is 0.247. The second-order valence-corrected chi connectivity index (χ2v) is 7.24. The molecule has 1 aromatic carbocycles. The number of imidazole rings is 1. The van der Waals surface area contributed by atoms with Crippen molar-refractivity contribution < 1.29 is 4.79 Å². The zero-order valence-electron chi connectivity index (χ0n) is 13.8. The lowest BCUT2D eigenvalue weighted by atomic mass is 9.97. The first kappa shape index (κ1) is 15.4. The summed E-state index contributed by atoms with van der Waals surface area (Å²) >= 11 is 1.82. The molecule has 0 bridgehead atoms. The number of thiophene rings is 1. The van der Waals surface area contributed by atoms with Crippen LogP contribution in [0, 0.1) is 0 Å². The molecule has 4 rings (SSSR count). The maximum Gasteiger partial charge on any atom is 0.224 e. The lowest BCUT2D eigenvalue weighted by Gasteiger charge is -2.35. The fourth-order valence-corrected chi connectivity index (χ4v) is 4.61. The standard InChI is InChI=1S/C19H21N3OS/c1-2-16-14-9-12-24-18(14)7-11-22(16)19(23)8-10-21-13-20-15-5-3-4-6-17(15)21/h3-6,9,12-13,16H,2,7-8,10-11H2,1H3. The van der Waals surface area contributed by atoms with Crippen molar-refractivity contribution >= 4 is 28.3 Å². The number of hydrogen-bond acceptors (Lipinski definition) is 3. The summed E-state index contributed by atoms with van der Waals surface area (Å²) < 4.78 is 2.08. The molecule has 124 valence electrons. The van der Waals surface area contributed by atoms with Crippen molar-refractivity contribution in [2.24, 2.45) is 0 Å². The lowest BCUT2D eigenvalue weighted by Crippen LogP contribution is -2.39. The SMILES string of the molecule is CCC1c2ccsc2CCN1C(=O)CCn1cnc2ccccc21. The summed E-state index contributed by atoms with van der Waals surface area (Å²) in [6.45, 7) is 3.69. The number of fused-ring (bicyclic) bond motifs is 2. The quantitative estimate of drug-likeness (QED) is 0.720. The third-order valence-corrected chi connectivity index (χ3v) is 5.89. The number of aromatic nitrogens is 2. The molecule has 4 nitrogen and oxygen atoms in total. The average molecular weight is 339 g/mol. The Morgan fingerprint density at radius 1 is 1.33 bits per heavy atom. The monoisotopic (exact) mass is 339 g/mol. The van der Waals surface area contributed by atoms with Gasteiger partial charge in [-0.3, -0.25) is 4.79 Å². The highest BCUT2D eigenvalue weighted by Gasteiger charge is 2.29. The zero-order valence-corrected chi connectivity index (χ0v) is 14.6. The van der Waals surface area contributed by atoms with Crippen LogP contribution in [0.25, 0.3) is 11.0 Å². The number of aryl methyl sites for hydroxylation is 1. The van der Waals surface area contributed by atoms with Crippen LogP contribution in [-0.2, 0) is 17.8 Å². The molecule has 0 N–H and O–H groups in total. The van der Waals surface area contributed by atoms with E-state index in [0.717, 1.165) is 30.4 Å². The molecule has 3 aromatic rings. The van der Waals surface area contributed by atoms with Crippen molar-refractivity contribution in [3.8, 4) is 0 Å². The molecule has 3 heterocycles. The van der Waals surface area contributed by atoms with E-state index in [-0.39, 0.29) is 11.9 Å². The second kappa shape index (κ2) is 6.40. The number of amides is 1. The Balaban J connectivity index is 1.48. The van der Waals surface area contributed by atoms with Crippen LogP contribution in [0.3, 0.4) is 0 Å². The van der Waals surface area contributed by atoms with Crippen LogP contribution in [0.4, 0.5) is 0 Å². The van der Waals surface area contributed by atoms with Crippen molar-refractivity contribution in [1.29, 1.82) is 0 Å². The van der Waals surface area contributed by atoms with Gasteiger partial charge in [0.2, 0.25) is 5.91 Å². The molecule has 1 unspecified atom stereocenters. The predicted octanol–water partition coefficient (Wildman–Crippen LogP) is 4.02. The fourth-order valence-electron chi connectivity index (χ4n) is 3.68. The van der Waals surface area contributed by atoms with Gasteiger partial charge in [0.15, 0.2) is 0 Å². The van der Waals surface area contributed by atoms with Crippen LogP contribution in [-0.4, -0.2) is 26.9 Å². The number of rotatable bonds is 4. The fraction of sp³-hybridized carbons (Fsp3) is 0.368. The second-order valence-electron chi connectivity index (χ2n) is 6.24. The smallest absolute Gasteiger partial charge is 0.224 e. The van der Waals surface area contributed by atoms with E-state index < -0.39 is 0 Å². The Bertz CT molecular complexity index is 866. The maximum absolute atomic E-state index is 12.8. The molecule has 24 heavy (non-hydrogen) atoms. The molecule has 0 spiro atoms. The molecule has 1 atom stereocenters. The van der Waals surface area contributed by atoms with Gasteiger partial charge in [0.25, 0.3) is 0 Å². The van der Waals surface area contributed by atoms with E-state index in [1.165, 1.54) is 10.4 Å². The Labute approximate surface area is 145 Å². The predicted molar refractivity (Wildman–Crippen MR) is 97.1 cm³/mol. The lowest BCUT2D eigenvalue weighted by molar-refractivity contribution is -0.134. The van der Waals surface area contributed by atoms with Gasteiger partial charge < -0.3 is 9.47 Å². The summed E-state index contributed by atoms with van der Waals surface area (Å²) in [6, 6.07) is 10.5. The van der Waals surface area contributed by atoms with E-state index in [0.29, 0.717) is 13.0 Å². The maximum atomic E-state index is 12.8. The minimum absolute atomic E-state index is 0.243. The highest BCUT2D eigenvalue weighted by atomic mass is 32.1. The molecule has 0 saturated carbocycles. The van der Waals surface area contributed by atoms with Crippen LogP contribution in [0.2, 0.25) is 0 Å². The van der Waals surface area contributed by atoms with E-state index >= 15 is 0 Å². The largest absolute Gasteiger partial charge is 0.335 e. The van der Waals surface area contributed by atoms with Gasteiger partial charge in [-0.15, -0.1) is 11.3 Å². The van der Waals surface area contributed by atoms with Gasteiger partial charge in [-0.25, -0.2) is 4.98 Å². The molecule has 1 aliphatic heterocycles. The van der Waals surface area contributed by atoms with Gasteiger partial charge in [-0.2, -0.15) is 0 Å². The van der Waals surface area contributed by atoms with Crippen LogP contribution in [0.1, 0.15) is 36.2 Å². The number of hydrogen-bond donors (Lipinski definition) is 0. The topological polar surface area (TPSA) is 38.1 Å². The van der Waals surface area contributed by atoms with E-state index in [4.69, 9.17) is 0 Å². The van der Waals surface area contributed by atoms with Crippen molar-refractivity contribution in [2.75, 3.05) is 6.54 Å². The van der Waals surface area contributed by atoms with E-state index in [9.17, 15) is 4.79 Å². The average Bonchev–Trinajstić information content (AvgIpc) is 3.25. The minimum atomic E-state index is 0.243. The van der Waals surface area contributed by atoms with Crippen molar-refractivity contribution in [2.45, 2.75) is 38.8 Å². The molecule has 0 fully saturated rings.